The lowest BCUT2D eigenvalue weighted by Crippen LogP contribution is -2.57. The molecule has 0 atom stereocenters. The fourth-order valence-electron chi connectivity index (χ4n) is 2.06. The zero-order valence-electron chi connectivity index (χ0n) is 12.7. The van der Waals surface area contributed by atoms with Crippen LogP contribution in [0.2, 0.25) is 0 Å². The number of hydrogen-bond acceptors (Lipinski definition) is 4. The molecule has 1 fully saturated rings. The fourth-order valence-corrected chi connectivity index (χ4v) is 2.06. The molecule has 2 rings (SSSR count). The molecule has 1 saturated heterocycles. The molecule has 120 valence electrons. The molecule has 0 aromatic heterocycles. The Morgan fingerprint density at radius 1 is 1.32 bits per heavy atom. The van der Waals surface area contributed by atoms with E-state index in [0.29, 0.717) is 13.1 Å². The topological polar surface area (TPSA) is 58.6 Å². The molecule has 22 heavy (non-hydrogen) atoms. The van der Waals surface area contributed by atoms with Crippen molar-refractivity contribution >= 4 is 18.1 Å². The number of amides is 1. The van der Waals surface area contributed by atoms with Crippen molar-refractivity contribution in [3.8, 4) is 0 Å². The number of carbonyl (C=O) groups is 2. The van der Waals surface area contributed by atoms with Crippen LogP contribution in [-0.4, -0.2) is 42.0 Å². The van der Waals surface area contributed by atoms with E-state index >= 15 is 0 Å². The average molecular weight is 312 g/mol. The summed E-state index contributed by atoms with van der Waals surface area (Å²) >= 11 is 0. The van der Waals surface area contributed by atoms with Gasteiger partial charge in [0, 0.05) is 18.8 Å². The number of nitrogens with one attached hydrogen (secondary N) is 1. The van der Waals surface area contributed by atoms with Gasteiger partial charge in [-0.2, -0.15) is 0 Å². The minimum atomic E-state index is -0.916. The molecule has 1 heterocycles. The van der Waals surface area contributed by atoms with Gasteiger partial charge in [-0.3, -0.25) is 4.79 Å². The van der Waals surface area contributed by atoms with Gasteiger partial charge in [0.1, 0.15) is 17.2 Å². The van der Waals surface area contributed by atoms with Gasteiger partial charge in [0.05, 0.1) is 11.6 Å². The SMILES string of the molecule is CC(C)(C)OC(=O)N1CC(Nc2cc(F)c(C=O)c(F)c2)C1. The molecular formula is C15H18F2N2O3. The molecule has 0 bridgehead atoms. The predicted molar refractivity (Wildman–Crippen MR) is 77.0 cm³/mol. The average Bonchev–Trinajstić information content (AvgIpc) is 2.30. The molecule has 0 radical (unpaired) electrons. The molecule has 5 nitrogen and oxygen atoms in total. The van der Waals surface area contributed by atoms with Crippen LogP contribution in [-0.2, 0) is 4.74 Å². The monoisotopic (exact) mass is 312 g/mol. The van der Waals surface area contributed by atoms with Crippen LogP contribution in [0.1, 0.15) is 31.1 Å². The maximum atomic E-state index is 13.5. The molecule has 0 spiro atoms. The van der Waals surface area contributed by atoms with Crippen molar-refractivity contribution in [2.24, 2.45) is 0 Å². The van der Waals surface area contributed by atoms with Gasteiger partial charge in [-0.05, 0) is 32.9 Å². The van der Waals surface area contributed by atoms with Crippen LogP contribution in [0, 0.1) is 11.6 Å². The Labute approximate surface area is 127 Å². The first-order chi connectivity index (χ1) is 10.2. The van der Waals surface area contributed by atoms with Gasteiger partial charge in [0.15, 0.2) is 6.29 Å². The highest BCUT2D eigenvalue weighted by atomic mass is 19.1. The summed E-state index contributed by atoms with van der Waals surface area (Å²) in [6.45, 7) is 6.10. The third-order valence-electron chi connectivity index (χ3n) is 3.10. The Kier molecular flexibility index (Phi) is 4.35. The lowest BCUT2D eigenvalue weighted by Gasteiger charge is -2.40. The molecule has 1 aliphatic rings. The van der Waals surface area contributed by atoms with Crippen molar-refractivity contribution in [2.75, 3.05) is 18.4 Å². The van der Waals surface area contributed by atoms with Gasteiger partial charge >= 0.3 is 6.09 Å². The minimum Gasteiger partial charge on any atom is -0.444 e. The Balaban J connectivity index is 1.91. The molecular weight excluding hydrogens is 294 g/mol. The number of likely N-dealkylation sites (tertiary alicyclic amines) is 1. The normalized spacial score (nSPS) is 15.2. The van der Waals surface area contributed by atoms with E-state index < -0.39 is 28.9 Å². The van der Waals surface area contributed by atoms with Crippen molar-refractivity contribution in [1.82, 2.24) is 4.90 Å². The second-order valence-electron chi connectivity index (χ2n) is 6.20. The summed E-state index contributed by atoms with van der Waals surface area (Å²) in [5, 5.41) is 2.91. The smallest absolute Gasteiger partial charge is 0.410 e. The van der Waals surface area contributed by atoms with E-state index in [-0.39, 0.29) is 18.0 Å². The van der Waals surface area contributed by atoms with E-state index in [9.17, 15) is 18.4 Å². The van der Waals surface area contributed by atoms with Crippen LogP contribution in [0.15, 0.2) is 12.1 Å². The lowest BCUT2D eigenvalue weighted by molar-refractivity contribution is 0.0105. The molecule has 7 heteroatoms. The molecule has 1 aromatic rings. The molecule has 0 aliphatic carbocycles. The van der Waals surface area contributed by atoms with Crippen molar-refractivity contribution in [2.45, 2.75) is 32.4 Å². The summed E-state index contributed by atoms with van der Waals surface area (Å²) in [7, 11) is 0. The first kappa shape index (κ1) is 16.2. The lowest BCUT2D eigenvalue weighted by atomic mass is 10.1. The quantitative estimate of drug-likeness (QED) is 0.872. The number of hydrogen-bond donors (Lipinski definition) is 1. The number of ether oxygens (including phenoxy) is 1. The van der Waals surface area contributed by atoms with Crippen LogP contribution < -0.4 is 5.32 Å². The Hall–Kier alpha value is -2.18. The highest BCUT2D eigenvalue weighted by Crippen LogP contribution is 2.22. The zero-order chi connectivity index (χ0) is 16.5. The second-order valence-corrected chi connectivity index (χ2v) is 6.20. The van der Waals surface area contributed by atoms with E-state index in [0.717, 1.165) is 12.1 Å². The molecule has 0 saturated carbocycles. The van der Waals surface area contributed by atoms with Gasteiger partial charge in [-0.15, -0.1) is 0 Å². The van der Waals surface area contributed by atoms with Crippen LogP contribution in [0.5, 0.6) is 0 Å². The van der Waals surface area contributed by atoms with Gasteiger partial charge in [-0.1, -0.05) is 0 Å². The van der Waals surface area contributed by atoms with Crippen molar-refractivity contribution in [3.63, 3.8) is 0 Å². The zero-order valence-corrected chi connectivity index (χ0v) is 12.7. The predicted octanol–water partition coefficient (Wildman–Crippen LogP) is 2.81. The van der Waals surface area contributed by atoms with Gasteiger partial charge < -0.3 is 15.0 Å². The number of anilines is 1. The Morgan fingerprint density at radius 2 is 1.86 bits per heavy atom. The molecule has 0 unspecified atom stereocenters. The molecule has 1 amide bonds. The number of carbonyl (C=O) groups excluding carboxylic acids is 2. The van der Waals surface area contributed by atoms with Crippen molar-refractivity contribution < 1.29 is 23.1 Å². The fraction of sp³-hybridized carbons (Fsp3) is 0.467. The second kappa shape index (κ2) is 5.90. The van der Waals surface area contributed by atoms with E-state index in [2.05, 4.69) is 5.32 Å². The van der Waals surface area contributed by atoms with Crippen molar-refractivity contribution in [3.05, 3.63) is 29.3 Å². The van der Waals surface area contributed by atoms with Crippen molar-refractivity contribution in [1.29, 1.82) is 0 Å². The maximum Gasteiger partial charge on any atom is 0.410 e. The van der Waals surface area contributed by atoms with Crippen LogP contribution in [0.4, 0.5) is 19.3 Å². The first-order valence-electron chi connectivity index (χ1n) is 6.88. The summed E-state index contributed by atoms with van der Waals surface area (Å²) in [6, 6.07) is 2.00. The molecule has 1 aliphatic heterocycles. The first-order valence-corrected chi connectivity index (χ1v) is 6.88. The summed E-state index contributed by atoms with van der Waals surface area (Å²) < 4.78 is 32.2. The summed E-state index contributed by atoms with van der Waals surface area (Å²) in [5.74, 6) is -1.83. The maximum absolute atomic E-state index is 13.5. The Morgan fingerprint density at radius 3 is 2.32 bits per heavy atom. The largest absolute Gasteiger partial charge is 0.444 e. The highest BCUT2D eigenvalue weighted by Gasteiger charge is 2.33. The van der Waals surface area contributed by atoms with E-state index in [1.165, 1.54) is 4.90 Å². The number of benzene rings is 1. The van der Waals surface area contributed by atoms with Gasteiger partial charge in [-0.25, -0.2) is 13.6 Å². The van der Waals surface area contributed by atoms with Crippen LogP contribution >= 0.6 is 0 Å². The summed E-state index contributed by atoms with van der Waals surface area (Å²) in [4.78, 5) is 23.8. The number of halogens is 2. The summed E-state index contributed by atoms with van der Waals surface area (Å²) in [5.41, 5.74) is -0.920. The van der Waals surface area contributed by atoms with Crippen LogP contribution in [0.25, 0.3) is 0 Å². The summed E-state index contributed by atoms with van der Waals surface area (Å²) in [6.07, 6.45) is -0.276. The third kappa shape index (κ3) is 3.72. The minimum absolute atomic E-state index is 0.117. The Bertz CT molecular complexity index is 570. The van der Waals surface area contributed by atoms with E-state index in [1.54, 1.807) is 20.8 Å². The van der Waals surface area contributed by atoms with Gasteiger partial charge in [0.25, 0.3) is 0 Å². The molecule has 1 aromatic carbocycles. The van der Waals surface area contributed by atoms with Crippen LogP contribution in [0.3, 0.4) is 0 Å². The van der Waals surface area contributed by atoms with E-state index in [4.69, 9.17) is 4.74 Å². The van der Waals surface area contributed by atoms with E-state index in [1.807, 2.05) is 0 Å². The highest BCUT2D eigenvalue weighted by molar-refractivity contribution is 5.77. The van der Waals surface area contributed by atoms with Gasteiger partial charge in [0.2, 0.25) is 0 Å². The third-order valence-corrected chi connectivity index (χ3v) is 3.10. The molecule has 1 N–H and O–H groups in total. The number of nitrogens with zero attached hydrogens (tertiary/aromatic N) is 1. The number of rotatable bonds is 3. The number of aldehydes is 1. The standard InChI is InChI=1S/C15H18F2N2O3/c1-15(2,3)22-14(21)19-6-10(7-19)18-9-4-12(16)11(8-20)13(17)5-9/h4-5,8,10,18H,6-7H2,1-3H3.